The number of anilines is 2. The molecular weight excluding hydrogens is 966 g/mol. The number of rotatable bonds is 26. The third kappa shape index (κ3) is 17.8. The highest BCUT2D eigenvalue weighted by Gasteiger charge is 2.55. The number of aromatic nitrogens is 4. The molecule has 28 heteroatoms. The van der Waals surface area contributed by atoms with Gasteiger partial charge in [0.1, 0.15) is 59.9 Å². The first-order chi connectivity index (χ1) is 32.2. The molecule has 12 N–H and O–H groups in total. The van der Waals surface area contributed by atoms with Crippen LogP contribution in [-0.2, 0) is 46.7 Å². The number of nitrogens with one attached hydrogen (secondary N) is 2. The summed E-state index contributed by atoms with van der Waals surface area (Å²) in [5.74, 6) is -1.07. The number of hydrogen-bond acceptors (Lipinski definition) is 20. The Morgan fingerprint density at radius 3 is 1.61 bits per heavy atom. The van der Waals surface area contributed by atoms with Crippen LogP contribution in [-0.4, -0.2) is 136 Å². The molecule has 0 aliphatic carbocycles. The molecule has 2 aliphatic heterocycles. The maximum Gasteiger partial charge on any atom is 0.403 e. The van der Waals surface area contributed by atoms with Crippen LogP contribution < -0.4 is 33.0 Å². The van der Waals surface area contributed by atoms with E-state index in [0.29, 0.717) is 0 Å². The largest absolute Gasteiger partial charge is 0.464 e. The van der Waals surface area contributed by atoms with Crippen LogP contribution in [0, 0.1) is 11.8 Å². The predicted molar refractivity (Wildman–Crippen MR) is 254 cm³/mol. The van der Waals surface area contributed by atoms with Crippen molar-refractivity contribution < 1.29 is 76.9 Å². The summed E-state index contributed by atoms with van der Waals surface area (Å²) in [6, 6.07) is 1.50. The highest BCUT2D eigenvalue weighted by molar-refractivity contribution is 7.50. The molecule has 26 nitrogen and oxygen atoms in total. The molecule has 70 heavy (non-hydrogen) atoms. The Morgan fingerprint density at radius 1 is 0.771 bits per heavy atom. The maximum absolute atomic E-state index is 12.5. The molecule has 2 fully saturated rings. The van der Waals surface area contributed by atoms with Crippen LogP contribution in [0.15, 0.2) is 34.1 Å². The van der Waals surface area contributed by atoms with Crippen molar-refractivity contribution in [2.24, 2.45) is 11.8 Å². The molecule has 4 heterocycles. The number of nitrogens with zero attached hydrogens (tertiary/aromatic N) is 4. The number of nitrogen functional groups attached to an aromatic ring is 2. The Kier molecular flexibility index (Phi) is 24.9. The molecule has 2 saturated heterocycles. The van der Waals surface area contributed by atoms with Crippen LogP contribution in [0.5, 0.6) is 0 Å². The van der Waals surface area contributed by atoms with Crippen LogP contribution in [0.4, 0.5) is 11.6 Å². The fourth-order valence-corrected chi connectivity index (χ4v) is 9.51. The Bertz CT molecular complexity index is 2170. The maximum atomic E-state index is 12.5. The molecule has 2 aliphatic rings. The number of nitrogens with two attached hydrogens (primary N) is 2. The SMILES string of the molecule is C.CCCC(CCC)C(=O)OCCNP(=O)(O)OC[C@H]1O[C@@H](n2ccc(N)nc2=O)[C@](C)(O)[C@@H]1O.CCCC(CCC)COC(=O)[C@H](C)NP(=O)(O)OC[C@H]1O[C@@H](n2ccc(N)nc2=O)[C@](C)(O)[C@@H]1O. The molecule has 0 aromatic carbocycles. The van der Waals surface area contributed by atoms with Crippen molar-refractivity contribution in [3.05, 3.63) is 45.5 Å². The second-order valence-corrected chi connectivity index (χ2v) is 20.6. The summed E-state index contributed by atoms with van der Waals surface area (Å²) in [5.41, 5.74) is 5.44. The number of aliphatic hydroxyl groups is 4. The molecule has 11 atom stereocenters. The molecule has 0 spiro atoms. The zero-order valence-electron chi connectivity index (χ0n) is 40.1. The average Bonchev–Trinajstić information content (AvgIpc) is 3.63. The van der Waals surface area contributed by atoms with Gasteiger partial charge in [0.15, 0.2) is 12.5 Å². The summed E-state index contributed by atoms with van der Waals surface area (Å²) < 4.78 is 58.2. The van der Waals surface area contributed by atoms with E-state index in [1.54, 1.807) is 0 Å². The number of hydrogen-bond donors (Lipinski definition) is 10. The summed E-state index contributed by atoms with van der Waals surface area (Å²) in [6.45, 7) is 10.7. The molecule has 402 valence electrons. The van der Waals surface area contributed by atoms with E-state index in [1.165, 1.54) is 45.3 Å². The van der Waals surface area contributed by atoms with Gasteiger partial charge in [0.05, 0.1) is 25.7 Å². The van der Waals surface area contributed by atoms with Crippen molar-refractivity contribution in [3.63, 3.8) is 0 Å². The van der Waals surface area contributed by atoms with E-state index >= 15 is 0 Å². The van der Waals surface area contributed by atoms with Crippen LogP contribution in [0.3, 0.4) is 0 Å². The van der Waals surface area contributed by atoms with E-state index in [-0.39, 0.29) is 56.6 Å². The van der Waals surface area contributed by atoms with Crippen LogP contribution >= 0.6 is 15.5 Å². The molecule has 2 unspecified atom stereocenters. The minimum Gasteiger partial charge on any atom is -0.464 e. The Balaban J connectivity index is 0.000000474. The molecule has 2 aromatic rings. The highest BCUT2D eigenvalue weighted by atomic mass is 31.2. The number of ether oxygens (including phenoxy) is 4. The molecule has 0 radical (unpaired) electrons. The monoisotopic (exact) mass is 1040 g/mol. The zero-order chi connectivity index (χ0) is 51.9. The Morgan fingerprint density at radius 2 is 1.20 bits per heavy atom. The molecule has 0 bridgehead atoms. The molecule has 2 aromatic heterocycles. The summed E-state index contributed by atoms with van der Waals surface area (Å²) in [4.78, 5) is 75.9. The quantitative estimate of drug-likeness (QED) is 0.0363. The lowest BCUT2D eigenvalue weighted by Gasteiger charge is -2.27. The number of carbonyl (C=O) groups excluding carboxylic acids is 2. The van der Waals surface area contributed by atoms with Gasteiger partial charge in [-0.05, 0) is 64.5 Å². The second-order valence-electron chi connectivity index (χ2n) is 17.4. The first-order valence-electron chi connectivity index (χ1n) is 22.9. The minimum absolute atomic E-state index is 0. The van der Waals surface area contributed by atoms with Crippen LogP contribution in [0.25, 0.3) is 0 Å². The Labute approximate surface area is 407 Å². The van der Waals surface area contributed by atoms with Crippen molar-refractivity contribution in [2.45, 2.75) is 161 Å². The predicted octanol–water partition coefficient (Wildman–Crippen LogP) is 1.63. The third-order valence-electron chi connectivity index (χ3n) is 11.4. The number of aliphatic hydroxyl groups excluding tert-OH is 2. The summed E-state index contributed by atoms with van der Waals surface area (Å²) >= 11 is 0. The van der Waals surface area contributed by atoms with Crippen molar-refractivity contribution in [3.8, 4) is 0 Å². The van der Waals surface area contributed by atoms with Gasteiger partial charge < -0.3 is 60.6 Å². The van der Waals surface area contributed by atoms with Gasteiger partial charge in [-0.3, -0.25) is 27.8 Å². The van der Waals surface area contributed by atoms with Gasteiger partial charge in [-0.2, -0.15) is 9.97 Å². The van der Waals surface area contributed by atoms with Gasteiger partial charge in [-0.25, -0.2) is 28.9 Å². The van der Waals surface area contributed by atoms with Crippen molar-refractivity contribution in [1.29, 1.82) is 0 Å². The fourth-order valence-electron chi connectivity index (χ4n) is 7.68. The topological polar surface area (TPSA) is 391 Å². The van der Waals surface area contributed by atoms with Crippen molar-refractivity contribution in [1.82, 2.24) is 29.3 Å². The Hall–Kier alpha value is -3.72. The summed E-state index contributed by atoms with van der Waals surface area (Å²) in [5, 5.41) is 46.8. The van der Waals surface area contributed by atoms with E-state index in [0.717, 1.165) is 60.5 Å². The normalized spacial score (nSPS) is 26.4. The van der Waals surface area contributed by atoms with E-state index in [9.17, 15) is 58.5 Å². The zero-order valence-corrected chi connectivity index (χ0v) is 41.9. The standard InChI is InChI=1S/C21H37N4O9P.C20H35N4O9P.CH4/c1-5-7-14(8-6-2)11-32-18(27)13(3)24-35(30,31)33-12-15-17(26)21(4,29)19(34-15)25-10-9-16(22)23-20(25)28;1-4-6-13(7-5-2)17(26)31-11-9-22-34(29,30)32-12-14-16(25)20(3,28)18(33-14)24-10-8-15(21)23-19(24)27;/h9-10,13-15,17,19,26,29H,5-8,11-12H2,1-4H3,(H2,22,23,28)(H2,24,30,31);8,10,13-14,16,18,25,28H,4-7,9,11-12H2,1-3H3,(H2,21,23,27)(H2,22,29,30);1H4/t13-,15+,17+,19+,21+;14-,16-,18-,20-;/m01./s1. The number of carbonyl (C=O) groups is 2. The van der Waals surface area contributed by atoms with Gasteiger partial charge in [0, 0.05) is 18.9 Å². The summed E-state index contributed by atoms with van der Waals surface area (Å²) in [6.07, 6.45) is 1.08. The van der Waals surface area contributed by atoms with Gasteiger partial charge in [0.25, 0.3) is 0 Å². The number of esters is 2. The minimum atomic E-state index is -4.52. The smallest absolute Gasteiger partial charge is 0.403 e. The highest BCUT2D eigenvalue weighted by Crippen LogP contribution is 2.43. The van der Waals surface area contributed by atoms with E-state index in [1.807, 2.05) is 27.7 Å². The lowest BCUT2D eigenvalue weighted by molar-refractivity contribution is -0.149. The molecule has 4 rings (SSSR count). The van der Waals surface area contributed by atoms with E-state index in [4.69, 9.17) is 39.5 Å². The molecule has 0 saturated carbocycles. The third-order valence-corrected chi connectivity index (χ3v) is 13.7. The molecule has 0 amide bonds. The van der Waals surface area contributed by atoms with Gasteiger partial charge in [-0.15, -0.1) is 0 Å². The second kappa shape index (κ2) is 27.9. The van der Waals surface area contributed by atoms with E-state index < -0.39 is 100 Å². The van der Waals surface area contributed by atoms with Crippen LogP contribution in [0.2, 0.25) is 0 Å². The lowest BCUT2D eigenvalue weighted by atomic mass is 9.96. The average molecular weight is 1040 g/mol. The molecular formula is C42H76N8O18P2. The fraction of sp³-hybridized carbons (Fsp3) is 0.762. The van der Waals surface area contributed by atoms with Gasteiger partial charge in [0.2, 0.25) is 0 Å². The van der Waals surface area contributed by atoms with Gasteiger partial charge >= 0.3 is 38.8 Å². The van der Waals surface area contributed by atoms with Gasteiger partial charge in [-0.1, -0.05) is 60.8 Å². The lowest BCUT2D eigenvalue weighted by Crippen LogP contribution is -2.46. The van der Waals surface area contributed by atoms with Crippen molar-refractivity contribution >= 4 is 39.1 Å². The van der Waals surface area contributed by atoms with E-state index in [2.05, 4.69) is 20.1 Å². The first-order valence-corrected chi connectivity index (χ1v) is 26.0. The first kappa shape index (κ1) is 62.4. The van der Waals surface area contributed by atoms with Crippen molar-refractivity contribution in [2.75, 3.05) is 44.4 Å². The summed E-state index contributed by atoms with van der Waals surface area (Å²) in [7, 11) is -8.87. The van der Waals surface area contributed by atoms with Crippen LogP contribution in [0.1, 0.15) is 120 Å².